The van der Waals surface area contributed by atoms with Crippen LogP contribution in [0.5, 0.6) is 0 Å². The quantitative estimate of drug-likeness (QED) is 0.221. The van der Waals surface area contributed by atoms with Gasteiger partial charge in [0.15, 0.2) is 0 Å². The van der Waals surface area contributed by atoms with E-state index in [9.17, 15) is 0 Å². The Morgan fingerprint density at radius 2 is 1.57 bits per heavy atom. The molecule has 0 atom stereocenters. The molecular formula is C32H33N2S+. The van der Waals surface area contributed by atoms with Crippen LogP contribution in [-0.2, 0) is 12.5 Å². The van der Waals surface area contributed by atoms with Crippen LogP contribution in [0.3, 0.4) is 0 Å². The zero-order chi connectivity index (χ0) is 24.6. The molecule has 2 nitrogen and oxygen atoms in total. The highest BCUT2D eigenvalue weighted by Crippen LogP contribution is 2.48. The molecule has 0 unspecified atom stereocenters. The molecule has 0 bridgehead atoms. The predicted molar refractivity (Wildman–Crippen MR) is 152 cm³/mol. The lowest BCUT2D eigenvalue weighted by Gasteiger charge is -2.19. The van der Waals surface area contributed by atoms with Crippen LogP contribution in [0.1, 0.15) is 57.2 Å². The number of nitrogens with zero attached hydrogens (tertiary/aromatic N) is 2. The van der Waals surface area contributed by atoms with Crippen molar-refractivity contribution in [2.45, 2.75) is 52.9 Å². The topological polar surface area (TPSA) is 8.81 Å². The Balaban J connectivity index is 1.92. The fourth-order valence-corrected chi connectivity index (χ4v) is 7.27. The molecule has 3 aromatic carbocycles. The van der Waals surface area contributed by atoms with Crippen molar-refractivity contribution in [3.8, 4) is 5.82 Å². The second kappa shape index (κ2) is 7.66. The van der Waals surface area contributed by atoms with Gasteiger partial charge in [-0.2, -0.15) is 4.57 Å². The van der Waals surface area contributed by atoms with Crippen molar-refractivity contribution in [3.63, 3.8) is 0 Å². The lowest BCUT2D eigenvalue weighted by Crippen LogP contribution is -2.34. The first-order chi connectivity index (χ1) is 16.7. The van der Waals surface area contributed by atoms with E-state index in [1.165, 1.54) is 64.5 Å². The molecule has 0 aliphatic rings. The SMILES string of the molecule is Cc1c(C(C)C)c2sc3ccccc3c2c2c3ccccc3n(-c3cc(C(C)(C)C)cc[n+]3C)c12. The van der Waals surface area contributed by atoms with Crippen LogP contribution in [0.25, 0.3) is 47.8 Å². The van der Waals surface area contributed by atoms with Crippen molar-refractivity contribution in [3.05, 3.63) is 83.6 Å². The lowest BCUT2D eigenvalue weighted by atomic mass is 9.87. The molecule has 0 N–H and O–H groups in total. The van der Waals surface area contributed by atoms with Crippen molar-refractivity contribution in [1.82, 2.24) is 4.57 Å². The van der Waals surface area contributed by atoms with E-state index in [0.717, 1.165) is 0 Å². The first kappa shape index (κ1) is 22.3. The van der Waals surface area contributed by atoms with Gasteiger partial charge in [-0.25, -0.2) is 4.57 Å². The van der Waals surface area contributed by atoms with E-state index in [2.05, 4.69) is 125 Å². The van der Waals surface area contributed by atoms with Gasteiger partial charge in [0.05, 0.1) is 13.2 Å². The Morgan fingerprint density at radius 3 is 2.29 bits per heavy atom. The number of benzene rings is 3. The zero-order valence-corrected chi connectivity index (χ0v) is 22.5. The van der Waals surface area contributed by atoms with Gasteiger partial charge in [-0.15, -0.1) is 11.3 Å². The standard InChI is InChI=1S/C32H33N2S/c1-19(2)27-20(3)30-28(29-23-13-9-11-15-25(23)35-31(27)29)22-12-8-10-14-24(22)34(30)26-18-21(32(4,5)6)16-17-33(26)7/h8-19H,1-7H3/q+1. The Hall–Kier alpha value is -3.17. The maximum absolute atomic E-state index is 2.52. The summed E-state index contributed by atoms with van der Waals surface area (Å²) in [6.45, 7) is 13.9. The van der Waals surface area contributed by atoms with Crippen molar-refractivity contribution >= 4 is 53.3 Å². The average molecular weight is 478 g/mol. The molecule has 0 spiro atoms. The second-order valence-corrected chi connectivity index (χ2v) is 12.3. The minimum atomic E-state index is 0.0801. The summed E-state index contributed by atoms with van der Waals surface area (Å²) < 4.78 is 7.61. The number of fused-ring (bicyclic) bond motifs is 7. The van der Waals surface area contributed by atoms with Gasteiger partial charge in [0.1, 0.15) is 11.0 Å². The maximum Gasteiger partial charge on any atom is 0.286 e. The normalized spacial score (nSPS) is 12.7. The van der Waals surface area contributed by atoms with E-state index in [0.29, 0.717) is 5.92 Å². The van der Waals surface area contributed by atoms with Crippen molar-refractivity contribution in [2.75, 3.05) is 0 Å². The first-order valence-electron chi connectivity index (χ1n) is 12.6. The monoisotopic (exact) mass is 477 g/mol. The number of pyridine rings is 1. The summed E-state index contributed by atoms with van der Waals surface area (Å²) in [5.41, 5.74) is 6.91. The molecule has 0 amide bonds. The average Bonchev–Trinajstić information content (AvgIpc) is 3.34. The third-order valence-electron chi connectivity index (χ3n) is 7.52. The van der Waals surface area contributed by atoms with Crippen LogP contribution in [-0.4, -0.2) is 4.57 Å². The number of aryl methyl sites for hydroxylation is 2. The molecule has 3 heterocycles. The molecule has 6 rings (SSSR count). The summed E-state index contributed by atoms with van der Waals surface area (Å²) in [4.78, 5) is 0. The molecule has 0 radical (unpaired) electrons. The molecule has 35 heavy (non-hydrogen) atoms. The second-order valence-electron chi connectivity index (χ2n) is 11.2. The van der Waals surface area contributed by atoms with Crippen molar-refractivity contribution in [1.29, 1.82) is 0 Å². The van der Waals surface area contributed by atoms with Gasteiger partial charge in [-0.3, -0.25) is 0 Å². The maximum atomic E-state index is 2.52. The minimum Gasteiger partial charge on any atom is -0.237 e. The zero-order valence-electron chi connectivity index (χ0n) is 21.7. The van der Waals surface area contributed by atoms with E-state index in [1.807, 2.05) is 11.3 Å². The highest BCUT2D eigenvalue weighted by Gasteiger charge is 2.29. The molecule has 0 aliphatic heterocycles. The van der Waals surface area contributed by atoms with Crippen LogP contribution in [0.2, 0.25) is 0 Å². The summed E-state index contributed by atoms with van der Waals surface area (Å²) in [5.74, 6) is 1.65. The van der Waals surface area contributed by atoms with Crippen LogP contribution in [0.15, 0.2) is 66.9 Å². The van der Waals surface area contributed by atoms with E-state index in [1.54, 1.807) is 0 Å². The fraction of sp³-hybridized carbons (Fsp3) is 0.281. The first-order valence-corrected chi connectivity index (χ1v) is 13.4. The Labute approximate surface area is 211 Å². The fourth-order valence-electron chi connectivity index (χ4n) is 5.81. The number of para-hydroxylation sites is 1. The molecule has 0 saturated heterocycles. The molecule has 0 aliphatic carbocycles. The number of rotatable bonds is 2. The predicted octanol–water partition coefficient (Wildman–Crippen LogP) is 8.71. The number of hydrogen-bond acceptors (Lipinski definition) is 1. The van der Waals surface area contributed by atoms with Gasteiger partial charge in [-0.05, 0) is 53.6 Å². The number of thiophene rings is 1. The van der Waals surface area contributed by atoms with Crippen LogP contribution < -0.4 is 4.57 Å². The third kappa shape index (κ3) is 3.18. The molecule has 6 aromatic rings. The van der Waals surface area contributed by atoms with Gasteiger partial charge in [0.2, 0.25) is 0 Å². The van der Waals surface area contributed by atoms with Crippen LogP contribution >= 0.6 is 11.3 Å². The van der Waals surface area contributed by atoms with Gasteiger partial charge < -0.3 is 0 Å². The van der Waals surface area contributed by atoms with Gasteiger partial charge in [0, 0.05) is 42.6 Å². The molecule has 0 fully saturated rings. The number of hydrogen-bond donors (Lipinski definition) is 0. The van der Waals surface area contributed by atoms with E-state index in [-0.39, 0.29) is 5.41 Å². The molecule has 0 saturated carbocycles. The van der Waals surface area contributed by atoms with Gasteiger partial charge in [0.25, 0.3) is 5.82 Å². The van der Waals surface area contributed by atoms with E-state index < -0.39 is 0 Å². The van der Waals surface area contributed by atoms with Gasteiger partial charge in [-0.1, -0.05) is 65.0 Å². The molecule has 3 aromatic heterocycles. The highest BCUT2D eigenvalue weighted by molar-refractivity contribution is 7.26. The van der Waals surface area contributed by atoms with Gasteiger partial charge >= 0.3 is 0 Å². The minimum absolute atomic E-state index is 0.0801. The summed E-state index contributed by atoms with van der Waals surface area (Å²) in [6.07, 6.45) is 2.22. The highest BCUT2D eigenvalue weighted by atomic mass is 32.1. The van der Waals surface area contributed by atoms with E-state index in [4.69, 9.17) is 0 Å². The summed E-state index contributed by atoms with van der Waals surface area (Å²) in [6, 6.07) is 22.5. The Kier molecular flexibility index (Phi) is 4.88. The summed E-state index contributed by atoms with van der Waals surface area (Å²) in [5, 5.41) is 5.50. The largest absolute Gasteiger partial charge is 0.286 e. The summed E-state index contributed by atoms with van der Waals surface area (Å²) in [7, 11) is 2.17. The smallest absolute Gasteiger partial charge is 0.237 e. The Morgan fingerprint density at radius 1 is 0.886 bits per heavy atom. The molecular weight excluding hydrogens is 444 g/mol. The van der Waals surface area contributed by atoms with Crippen LogP contribution in [0, 0.1) is 6.92 Å². The third-order valence-corrected chi connectivity index (χ3v) is 8.72. The van der Waals surface area contributed by atoms with Crippen LogP contribution in [0.4, 0.5) is 0 Å². The molecule has 3 heteroatoms. The van der Waals surface area contributed by atoms with E-state index >= 15 is 0 Å². The van der Waals surface area contributed by atoms with Crippen molar-refractivity contribution < 1.29 is 4.57 Å². The summed E-state index contributed by atoms with van der Waals surface area (Å²) >= 11 is 1.95. The number of aromatic nitrogens is 2. The lowest BCUT2D eigenvalue weighted by molar-refractivity contribution is -0.665. The van der Waals surface area contributed by atoms with Crippen molar-refractivity contribution in [2.24, 2.45) is 7.05 Å². The molecule has 176 valence electrons. The Bertz CT molecular complexity index is 1770.